The summed E-state index contributed by atoms with van der Waals surface area (Å²) in [7, 11) is 0. The minimum absolute atomic E-state index is 0.190. The Morgan fingerprint density at radius 1 is 1.47 bits per heavy atom. The maximum Gasteiger partial charge on any atom is 0.124 e. The highest BCUT2D eigenvalue weighted by Gasteiger charge is 2.23. The molecule has 0 radical (unpaired) electrons. The standard InChI is InChI=1S/C15H22BrFN2/c1-11(2)8-18-9-12-5-6-19(10-12)15-4-3-13(17)7-14(15)16/h3-4,7,11-12,18H,5-6,8-10H2,1-2H3. The van der Waals surface area contributed by atoms with Gasteiger partial charge in [-0.3, -0.25) is 0 Å². The van der Waals surface area contributed by atoms with E-state index in [9.17, 15) is 4.39 Å². The summed E-state index contributed by atoms with van der Waals surface area (Å²) < 4.78 is 13.9. The van der Waals surface area contributed by atoms with Crippen molar-refractivity contribution in [3.63, 3.8) is 0 Å². The molecule has 2 nitrogen and oxygen atoms in total. The van der Waals surface area contributed by atoms with Crippen molar-refractivity contribution in [3.05, 3.63) is 28.5 Å². The van der Waals surface area contributed by atoms with Crippen LogP contribution in [0.25, 0.3) is 0 Å². The van der Waals surface area contributed by atoms with E-state index >= 15 is 0 Å². The van der Waals surface area contributed by atoms with Gasteiger partial charge in [0.2, 0.25) is 0 Å². The molecule has 0 aliphatic carbocycles. The van der Waals surface area contributed by atoms with Crippen LogP contribution >= 0.6 is 15.9 Å². The normalized spacial score (nSPS) is 19.4. The highest BCUT2D eigenvalue weighted by molar-refractivity contribution is 9.10. The molecule has 0 spiro atoms. The van der Waals surface area contributed by atoms with Gasteiger partial charge in [0, 0.05) is 17.6 Å². The van der Waals surface area contributed by atoms with Gasteiger partial charge >= 0.3 is 0 Å². The molecule has 1 fully saturated rings. The van der Waals surface area contributed by atoms with Gasteiger partial charge < -0.3 is 10.2 Å². The van der Waals surface area contributed by atoms with Gasteiger partial charge in [-0.2, -0.15) is 0 Å². The molecule has 106 valence electrons. The van der Waals surface area contributed by atoms with Crippen LogP contribution in [0.15, 0.2) is 22.7 Å². The zero-order valence-corrected chi connectivity index (χ0v) is 13.2. The molecule has 1 aromatic carbocycles. The van der Waals surface area contributed by atoms with Crippen LogP contribution in [0.5, 0.6) is 0 Å². The van der Waals surface area contributed by atoms with Crippen LogP contribution in [-0.2, 0) is 0 Å². The molecule has 1 heterocycles. The molecule has 4 heteroatoms. The quantitative estimate of drug-likeness (QED) is 0.887. The number of hydrogen-bond acceptors (Lipinski definition) is 2. The Labute approximate surface area is 123 Å². The first kappa shape index (κ1) is 14.8. The van der Waals surface area contributed by atoms with Crippen LogP contribution in [-0.4, -0.2) is 26.2 Å². The molecule has 1 aromatic rings. The Morgan fingerprint density at radius 2 is 2.26 bits per heavy atom. The summed E-state index contributed by atoms with van der Waals surface area (Å²) in [6.45, 7) is 8.71. The lowest BCUT2D eigenvalue weighted by Crippen LogP contribution is -2.28. The fourth-order valence-corrected chi connectivity index (χ4v) is 3.13. The van der Waals surface area contributed by atoms with Gasteiger partial charge in [0.1, 0.15) is 5.82 Å². The number of anilines is 1. The monoisotopic (exact) mass is 328 g/mol. The first-order chi connectivity index (χ1) is 9.06. The number of rotatable bonds is 5. The van der Waals surface area contributed by atoms with Crippen molar-refractivity contribution in [1.29, 1.82) is 0 Å². The maximum absolute atomic E-state index is 13.1. The summed E-state index contributed by atoms with van der Waals surface area (Å²) >= 11 is 3.45. The van der Waals surface area contributed by atoms with E-state index in [1.165, 1.54) is 12.5 Å². The van der Waals surface area contributed by atoms with E-state index in [2.05, 4.69) is 40.0 Å². The number of nitrogens with one attached hydrogen (secondary N) is 1. The zero-order chi connectivity index (χ0) is 13.8. The number of hydrogen-bond donors (Lipinski definition) is 1. The Balaban J connectivity index is 1.87. The van der Waals surface area contributed by atoms with Gasteiger partial charge in [0.05, 0.1) is 5.69 Å². The molecule has 0 saturated carbocycles. The van der Waals surface area contributed by atoms with Gasteiger partial charge in [-0.1, -0.05) is 13.8 Å². The molecule has 0 amide bonds. The lowest BCUT2D eigenvalue weighted by atomic mass is 10.1. The molecule has 1 atom stereocenters. The molecule has 1 unspecified atom stereocenters. The van der Waals surface area contributed by atoms with Crippen LogP contribution < -0.4 is 10.2 Å². The van der Waals surface area contributed by atoms with Crippen molar-refractivity contribution < 1.29 is 4.39 Å². The topological polar surface area (TPSA) is 15.3 Å². The fourth-order valence-electron chi connectivity index (χ4n) is 2.53. The van der Waals surface area contributed by atoms with E-state index < -0.39 is 0 Å². The largest absolute Gasteiger partial charge is 0.370 e. The van der Waals surface area contributed by atoms with E-state index in [0.717, 1.165) is 36.3 Å². The molecule has 1 N–H and O–H groups in total. The smallest absolute Gasteiger partial charge is 0.124 e. The Hall–Kier alpha value is -0.610. The molecular formula is C15H22BrFN2. The molecule has 1 aliphatic heterocycles. The second-order valence-electron chi connectivity index (χ2n) is 5.75. The minimum Gasteiger partial charge on any atom is -0.370 e. The molecular weight excluding hydrogens is 307 g/mol. The van der Waals surface area contributed by atoms with Crippen LogP contribution in [0.1, 0.15) is 20.3 Å². The van der Waals surface area contributed by atoms with Gasteiger partial charge in [0.25, 0.3) is 0 Å². The number of nitrogens with zero attached hydrogens (tertiary/aromatic N) is 1. The van der Waals surface area contributed by atoms with E-state index in [1.807, 2.05) is 6.07 Å². The van der Waals surface area contributed by atoms with Crippen molar-refractivity contribution in [2.45, 2.75) is 20.3 Å². The van der Waals surface area contributed by atoms with Crippen LogP contribution in [0.3, 0.4) is 0 Å². The van der Waals surface area contributed by atoms with Gasteiger partial charge in [-0.15, -0.1) is 0 Å². The third kappa shape index (κ3) is 4.18. The molecule has 2 rings (SSSR count). The van der Waals surface area contributed by atoms with Crippen LogP contribution in [0.4, 0.5) is 10.1 Å². The average molecular weight is 329 g/mol. The second kappa shape index (κ2) is 6.71. The van der Waals surface area contributed by atoms with Crippen molar-refractivity contribution in [1.82, 2.24) is 5.32 Å². The zero-order valence-electron chi connectivity index (χ0n) is 11.6. The summed E-state index contributed by atoms with van der Waals surface area (Å²) in [5.41, 5.74) is 1.10. The number of halogens is 2. The van der Waals surface area contributed by atoms with Gasteiger partial charge in [0.15, 0.2) is 0 Å². The fraction of sp³-hybridized carbons (Fsp3) is 0.600. The summed E-state index contributed by atoms with van der Waals surface area (Å²) in [6.07, 6.45) is 1.20. The van der Waals surface area contributed by atoms with Gasteiger partial charge in [-0.05, 0) is 65.5 Å². The first-order valence-electron chi connectivity index (χ1n) is 6.97. The lowest BCUT2D eigenvalue weighted by Gasteiger charge is -2.20. The molecule has 0 bridgehead atoms. The Morgan fingerprint density at radius 3 is 2.95 bits per heavy atom. The van der Waals surface area contributed by atoms with Crippen molar-refractivity contribution in [2.75, 3.05) is 31.1 Å². The first-order valence-corrected chi connectivity index (χ1v) is 7.76. The van der Waals surface area contributed by atoms with Crippen LogP contribution in [0.2, 0.25) is 0 Å². The summed E-state index contributed by atoms with van der Waals surface area (Å²) in [5, 5.41) is 3.52. The van der Waals surface area contributed by atoms with Crippen molar-refractivity contribution >= 4 is 21.6 Å². The van der Waals surface area contributed by atoms with Crippen LogP contribution in [0, 0.1) is 17.7 Å². The molecule has 1 saturated heterocycles. The molecule has 1 aliphatic rings. The Bertz CT molecular complexity index is 423. The maximum atomic E-state index is 13.1. The lowest BCUT2D eigenvalue weighted by molar-refractivity contribution is 0.477. The average Bonchev–Trinajstić information content (AvgIpc) is 2.77. The summed E-state index contributed by atoms with van der Waals surface area (Å²) in [6, 6.07) is 4.94. The van der Waals surface area contributed by atoms with E-state index in [4.69, 9.17) is 0 Å². The number of benzene rings is 1. The Kier molecular flexibility index (Phi) is 5.22. The third-order valence-electron chi connectivity index (χ3n) is 3.52. The molecule has 19 heavy (non-hydrogen) atoms. The SMILES string of the molecule is CC(C)CNCC1CCN(c2ccc(F)cc2Br)C1. The van der Waals surface area contributed by atoms with Gasteiger partial charge in [-0.25, -0.2) is 4.39 Å². The second-order valence-corrected chi connectivity index (χ2v) is 6.60. The van der Waals surface area contributed by atoms with Crippen molar-refractivity contribution in [2.24, 2.45) is 11.8 Å². The molecule has 0 aromatic heterocycles. The predicted molar refractivity (Wildman–Crippen MR) is 82.1 cm³/mol. The minimum atomic E-state index is -0.190. The highest BCUT2D eigenvalue weighted by Crippen LogP contribution is 2.31. The van der Waals surface area contributed by atoms with Crippen molar-refractivity contribution in [3.8, 4) is 0 Å². The van der Waals surface area contributed by atoms with E-state index in [0.29, 0.717) is 11.8 Å². The van der Waals surface area contributed by atoms with E-state index in [1.54, 1.807) is 6.07 Å². The highest BCUT2D eigenvalue weighted by atomic mass is 79.9. The third-order valence-corrected chi connectivity index (χ3v) is 4.16. The summed E-state index contributed by atoms with van der Waals surface area (Å²) in [4.78, 5) is 2.34. The van der Waals surface area contributed by atoms with E-state index in [-0.39, 0.29) is 5.82 Å². The predicted octanol–water partition coefficient (Wildman–Crippen LogP) is 3.66. The summed E-state index contributed by atoms with van der Waals surface area (Å²) in [5.74, 6) is 1.20.